The quantitative estimate of drug-likeness (QED) is 0.824. The predicted octanol–water partition coefficient (Wildman–Crippen LogP) is 1.45. The van der Waals surface area contributed by atoms with Crippen molar-refractivity contribution < 1.29 is 4.79 Å². The molecule has 4 nitrogen and oxygen atoms in total. The molecule has 0 aromatic heterocycles. The molecule has 19 heavy (non-hydrogen) atoms. The second-order valence-electron chi connectivity index (χ2n) is 6.90. The molecule has 110 valence electrons. The number of carbonyl (C=O) groups excluding carboxylic acids is 1. The van der Waals surface area contributed by atoms with E-state index in [2.05, 4.69) is 25.8 Å². The van der Waals surface area contributed by atoms with Crippen LogP contribution in [0.2, 0.25) is 0 Å². The van der Waals surface area contributed by atoms with Gasteiger partial charge in [0.1, 0.15) is 0 Å². The SMILES string of the molecule is CN1CCC(CC(=O)N2CCCC(N)C2(C)C)CC1. The Morgan fingerprint density at radius 3 is 2.47 bits per heavy atom. The van der Waals surface area contributed by atoms with Crippen molar-refractivity contribution in [1.82, 2.24) is 9.80 Å². The highest BCUT2D eigenvalue weighted by Gasteiger charge is 2.39. The summed E-state index contributed by atoms with van der Waals surface area (Å²) >= 11 is 0. The predicted molar refractivity (Wildman–Crippen MR) is 77.8 cm³/mol. The van der Waals surface area contributed by atoms with Crippen LogP contribution in [0.5, 0.6) is 0 Å². The first kappa shape index (κ1) is 14.8. The van der Waals surface area contributed by atoms with Crippen molar-refractivity contribution in [1.29, 1.82) is 0 Å². The van der Waals surface area contributed by atoms with Gasteiger partial charge in [-0.05, 0) is 65.6 Å². The Labute approximate surface area is 117 Å². The number of hydrogen-bond acceptors (Lipinski definition) is 3. The molecule has 2 fully saturated rings. The van der Waals surface area contributed by atoms with Crippen molar-refractivity contribution in [2.24, 2.45) is 11.7 Å². The summed E-state index contributed by atoms with van der Waals surface area (Å²) in [6.07, 6.45) is 5.10. The Bertz CT molecular complexity index is 321. The third-order valence-electron chi connectivity index (χ3n) is 5.10. The summed E-state index contributed by atoms with van der Waals surface area (Å²) in [5, 5.41) is 0. The van der Waals surface area contributed by atoms with Crippen LogP contribution in [-0.2, 0) is 4.79 Å². The van der Waals surface area contributed by atoms with Gasteiger partial charge in [-0.15, -0.1) is 0 Å². The van der Waals surface area contributed by atoms with Crippen LogP contribution in [0.1, 0.15) is 46.0 Å². The van der Waals surface area contributed by atoms with E-state index in [1.165, 1.54) is 0 Å². The standard InChI is InChI=1S/C15H29N3O/c1-15(2)13(16)5-4-8-18(15)14(19)11-12-6-9-17(3)10-7-12/h12-13H,4-11,16H2,1-3H3. The van der Waals surface area contributed by atoms with Crippen LogP contribution < -0.4 is 5.73 Å². The molecule has 0 aromatic rings. The van der Waals surface area contributed by atoms with Crippen molar-refractivity contribution in [3.05, 3.63) is 0 Å². The third-order valence-corrected chi connectivity index (χ3v) is 5.10. The van der Waals surface area contributed by atoms with E-state index in [1.54, 1.807) is 0 Å². The van der Waals surface area contributed by atoms with Crippen molar-refractivity contribution in [2.75, 3.05) is 26.7 Å². The van der Waals surface area contributed by atoms with Gasteiger partial charge in [-0.25, -0.2) is 0 Å². The second kappa shape index (κ2) is 5.80. The zero-order chi connectivity index (χ0) is 14.0. The smallest absolute Gasteiger partial charge is 0.223 e. The van der Waals surface area contributed by atoms with Crippen molar-refractivity contribution >= 4 is 5.91 Å². The molecule has 4 heteroatoms. The van der Waals surface area contributed by atoms with Crippen LogP contribution >= 0.6 is 0 Å². The maximum absolute atomic E-state index is 12.6. The Balaban J connectivity index is 1.92. The lowest BCUT2D eigenvalue weighted by Crippen LogP contribution is -2.61. The molecule has 2 heterocycles. The van der Waals surface area contributed by atoms with Crippen LogP contribution in [0, 0.1) is 5.92 Å². The van der Waals surface area contributed by atoms with E-state index < -0.39 is 0 Å². The molecule has 2 N–H and O–H groups in total. The van der Waals surface area contributed by atoms with Crippen LogP contribution in [0.3, 0.4) is 0 Å². The van der Waals surface area contributed by atoms with Gasteiger partial charge in [0, 0.05) is 19.0 Å². The molecule has 0 saturated carbocycles. The number of nitrogens with zero attached hydrogens (tertiary/aromatic N) is 2. The molecule has 0 spiro atoms. The molecule has 0 radical (unpaired) electrons. The summed E-state index contributed by atoms with van der Waals surface area (Å²) in [6, 6.07) is 0.114. The largest absolute Gasteiger partial charge is 0.336 e. The molecule has 0 aromatic carbocycles. The van der Waals surface area contributed by atoms with Crippen molar-refractivity contribution in [3.8, 4) is 0 Å². The van der Waals surface area contributed by atoms with Gasteiger partial charge >= 0.3 is 0 Å². The molecule has 0 bridgehead atoms. The molecular formula is C15H29N3O. The number of likely N-dealkylation sites (tertiary alicyclic amines) is 2. The monoisotopic (exact) mass is 267 g/mol. The van der Waals surface area contributed by atoms with Gasteiger partial charge in [0.05, 0.1) is 5.54 Å². The highest BCUT2D eigenvalue weighted by atomic mass is 16.2. The Kier molecular flexibility index (Phi) is 4.51. The van der Waals surface area contributed by atoms with Gasteiger partial charge in [0.25, 0.3) is 0 Å². The first-order valence-electron chi connectivity index (χ1n) is 7.66. The number of hydrogen-bond donors (Lipinski definition) is 1. The fourth-order valence-electron chi connectivity index (χ4n) is 3.38. The van der Waals surface area contributed by atoms with Crippen molar-refractivity contribution in [3.63, 3.8) is 0 Å². The number of piperidine rings is 2. The lowest BCUT2D eigenvalue weighted by molar-refractivity contribution is -0.140. The summed E-state index contributed by atoms with van der Waals surface area (Å²) in [7, 11) is 2.16. The maximum Gasteiger partial charge on any atom is 0.223 e. The van der Waals surface area contributed by atoms with E-state index in [4.69, 9.17) is 5.73 Å². The van der Waals surface area contributed by atoms with E-state index in [0.717, 1.165) is 45.3 Å². The molecular weight excluding hydrogens is 238 g/mol. The van der Waals surface area contributed by atoms with Crippen LogP contribution in [0.4, 0.5) is 0 Å². The topological polar surface area (TPSA) is 49.6 Å². The third kappa shape index (κ3) is 3.29. The minimum Gasteiger partial charge on any atom is -0.336 e. The minimum absolute atomic E-state index is 0.114. The Morgan fingerprint density at radius 1 is 1.21 bits per heavy atom. The molecule has 2 saturated heterocycles. The minimum atomic E-state index is -0.180. The Morgan fingerprint density at radius 2 is 1.84 bits per heavy atom. The number of rotatable bonds is 2. The van der Waals surface area contributed by atoms with Crippen LogP contribution in [-0.4, -0.2) is 54.0 Å². The number of amides is 1. The van der Waals surface area contributed by atoms with Crippen LogP contribution in [0.15, 0.2) is 0 Å². The summed E-state index contributed by atoms with van der Waals surface area (Å²) in [4.78, 5) is 17.0. The summed E-state index contributed by atoms with van der Waals surface area (Å²) in [5.74, 6) is 0.882. The lowest BCUT2D eigenvalue weighted by Gasteiger charge is -2.47. The first-order valence-corrected chi connectivity index (χ1v) is 7.66. The lowest BCUT2D eigenvalue weighted by atomic mass is 9.84. The van der Waals surface area contributed by atoms with Gasteiger partial charge in [0.15, 0.2) is 0 Å². The van der Waals surface area contributed by atoms with Crippen LogP contribution in [0.25, 0.3) is 0 Å². The van der Waals surface area contributed by atoms with E-state index in [-0.39, 0.29) is 11.6 Å². The summed E-state index contributed by atoms with van der Waals surface area (Å²) < 4.78 is 0. The zero-order valence-electron chi connectivity index (χ0n) is 12.7. The van der Waals surface area contributed by atoms with E-state index in [9.17, 15) is 4.79 Å². The highest BCUT2D eigenvalue weighted by Crippen LogP contribution is 2.29. The molecule has 2 aliphatic rings. The van der Waals surface area contributed by atoms with E-state index >= 15 is 0 Å². The summed E-state index contributed by atoms with van der Waals surface area (Å²) in [5.41, 5.74) is 6.01. The average molecular weight is 267 g/mol. The van der Waals surface area contributed by atoms with Gasteiger partial charge in [-0.3, -0.25) is 4.79 Å². The van der Waals surface area contributed by atoms with E-state index in [1.807, 2.05) is 4.90 Å². The van der Waals surface area contributed by atoms with Gasteiger partial charge in [0.2, 0.25) is 5.91 Å². The fourth-order valence-corrected chi connectivity index (χ4v) is 3.38. The molecule has 0 aliphatic carbocycles. The normalized spacial score (nSPS) is 29.5. The van der Waals surface area contributed by atoms with Gasteiger partial charge < -0.3 is 15.5 Å². The van der Waals surface area contributed by atoms with Crippen molar-refractivity contribution in [2.45, 2.75) is 57.5 Å². The maximum atomic E-state index is 12.6. The molecule has 2 aliphatic heterocycles. The Hall–Kier alpha value is -0.610. The first-order chi connectivity index (χ1) is 8.91. The molecule has 2 rings (SSSR count). The zero-order valence-corrected chi connectivity index (χ0v) is 12.7. The summed E-state index contributed by atoms with van der Waals surface area (Å²) in [6.45, 7) is 7.36. The molecule has 1 amide bonds. The molecule has 1 atom stereocenters. The van der Waals surface area contributed by atoms with Gasteiger partial charge in [-0.2, -0.15) is 0 Å². The second-order valence-corrected chi connectivity index (χ2v) is 6.90. The molecule has 1 unspecified atom stereocenters. The highest BCUT2D eigenvalue weighted by molar-refractivity contribution is 5.77. The average Bonchev–Trinajstić information content (AvgIpc) is 2.35. The number of nitrogens with two attached hydrogens (primary N) is 1. The number of carbonyl (C=O) groups is 1. The fraction of sp³-hybridized carbons (Fsp3) is 0.933. The van der Waals surface area contributed by atoms with Gasteiger partial charge in [-0.1, -0.05) is 0 Å². The van der Waals surface area contributed by atoms with E-state index in [0.29, 0.717) is 18.2 Å².